The molecule has 10 nitrogen and oxygen atoms in total. The molecule has 0 radical (unpaired) electrons. The molecule has 0 atom stereocenters. The van der Waals surface area contributed by atoms with Gasteiger partial charge in [0.2, 0.25) is 0 Å². The van der Waals surface area contributed by atoms with Crippen LogP contribution in [0, 0.1) is 5.82 Å². The summed E-state index contributed by atoms with van der Waals surface area (Å²) in [6.45, 7) is 1.52. The third kappa shape index (κ3) is 3.28. The average Bonchev–Trinajstić information content (AvgIpc) is 3.51. The smallest absolute Gasteiger partial charge is 0.159 e. The highest BCUT2D eigenvalue weighted by Crippen LogP contribution is 2.32. The Hall–Kier alpha value is -4.77. The number of H-pyrrole nitrogens is 2. The van der Waals surface area contributed by atoms with Gasteiger partial charge in [0.1, 0.15) is 28.5 Å². The number of nitrogens with zero attached hydrogens (tertiary/aromatic N) is 7. The minimum Gasteiger partial charge on any atom is -0.352 e. The lowest BCUT2D eigenvalue weighted by Gasteiger charge is -2.37. The molecule has 176 valence electrons. The van der Waals surface area contributed by atoms with Gasteiger partial charge >= 0.3 is 0 Å². The summed E-state index contributed by atoms with van der Waals surface area (Å²) < 4.78 is 14.5. The Morgan fingerprint density at radius 2 is 1.89 bits per heavy atom. The van der Waals surface area contributed by atoms with E-state index in [2.05, 4.69) is 35.0 Å². The molecule has 0 spiro atoms. The lowest BCUT2D eigenvalue weighted by Crippen LogP contribution is -2.56. The van der Waals surface area contributed by atoms with Crippen LogP contribution < -0.4 is 10.6 Å². The zero-order valence-corrected chi connectivity index (χ0v) is 18.9. The quantitative estimate of drug-likeness (QED) is 0.351. The fourth-order valence-corrected chi connectivity index (χ4v) is 4.47. The van der Waals surface area contributed by atoms with Gasteiger partial charge in [0.15, 0.2) is 11.5 Å². The Kier molecular flexibility index (Phi) is 4.51. The second-order valence-corrected chi connectivity index (χ2v) is 8.74. The van der Waals surface area contributed by atoms with Crippen molar-refractivity contribution in [2.75, 3.05) is 18.0 Å². The number of halogens is 1. The van der Waals surface area contributed by atoms with Crippen molar-refractivity contribution >= 4 is 27.9 Å². The number of rotatable bonds is 4. The van der Waals surface area contributed by atoms with Gasteiger partial charge in [-0.2, -0.15) is 5.10 Å². The Morgan fingerprint density at radius 1 is 1.00 bits per heavy atom. The van der Waals surface area contributed by atoms with Gasteiger partial charge in [0.05, 0.1) is 29.0 Å². The van der Waals surface area contributed by atoms with Crippen LogP contribution in [0.1, 0.15) is 0 Å². The third-order valence-corrected chi connectivity index (χ3v) is 6.32. The molecule has 0 amide bonds. The molecule has 0 bridgehead atoms. The summed E-state index contributed by atoms with van der Waals surface area (Å²) in [6, 6.07) is 10.4. The van der Waals surface area contributed by atoms with E-state index in [0.717, 1.165) is 35.4 Å². The molecule has 5 aromatic heterocycles. The summed E-state index contributed by atoms with van der Waals surface area (Å²) in [4.78, 5) is 28.2. The van der Waals surface area contributed by atoms with Crippen molar-refractivity contribution in [1.29, 1.82) is 0 Å². The van der Waals surface area contributed by atoms with Crippen LogP contribution in [0.15, 0.2) is 61.2 Å². The molecule has 0 aliphatic carbocycles. The molecule has 1 aromatic carbocycles. The summed E-state index contributed by atoms with van der Waals surface area (Å²) in [5.41, 5.74) is 10.8. The standard InChI is InChI=1S/C25H19FN10/c26-17-4-2-1-3-15(17)21-23-18(5-6-29-21)32-25(33-23)22-16-7-13(8-30-24(16)35-34-22)19-9-28-10-20(31-19)36-11-14(27)12-36/h1-10,14H,11-12,27H2,(H,32,33)(H,30,34,35). The van der Waals surface area contributed by atoms with Crippen LogP contribution in [-0.2, 0) is 0 Å². The normalized spacial score (nSPS) is 14.0. The largest absolute Gasteiger partial charge is 0.352 e. The average molecular weight is 478 g/mol. The number of anilines is 1. The second-order valence-electron chi connectivity index (χ2n) is 8.74. The number of aromatic amines is 2. The molecule has 6 heterocycles. The molecule has 11 heteroatoms. The molecule has 7 rings (SSSR count). The minimum atomic E-state index is -0.357. The molecule has 36 heavy (non-hydrogen) atoms. The Bertz CT molecular complexity index is 1750. The van der Waals surface area contributed by atoms with E-state index in [0.29, 0.717) is 39.6 Å². The molecule has 1 saturated heterocycles. The predicted octanol–water partition coefficient (Wildman–Crippen LogP) is 3.31. The minimum absolute atomic E-state index is 0.167. The molecule has 6 aromatic rings. The highest BCUT2D eigenvalue weighted by Gasteiger charge is 2.25. The second kappa shape index (κ2) is 7.89. The summed E-state index contributed by atoms with van der Waals surface area (Å²) in [5.74, 6) is 0.951. The number of hydrogen-bond acceptors (Lipinski definition) is 8. The summed E-state index contributed by atoms with van der Waals surface area (Å²) in [6.07, 6.45) is 6.81. The first-order valence-corrected chi connectivity index (χ1v) is 11.4. The first-order valence-electron chi connectivity index (χ1n) is 11.4. The Morgan fingerprint density at radius 3 is 2.75 bits per heavy atom. The van der Waals surface area contributed by atoms with E-state index in [9.17, 15) is 4.39 Å². The molecule has 4 N–H and O–H groups in total. The van der Waals surface area contributed by atoms with Crippen molar-refractivity contribution in [3.05, 3.63) is 67.0 Å². The number of nitrogens with two attached hydrogens (primary N) is 1. The van der Waals surface area contributed by atoms with Crippen LogP contribution in [-0.4, -0.2) is 59.2 Å². The molecule has 0 saturated carbocycles. The van der Waals surface area contributed by atoms with Gasteiger partial charge in [-0.3, -0.25) is 15.1 Å². The molecule has 0 unspecified atom stereocenters. The van der Waals surface area contributed by atoms with Gasteiger partial charge in [-0.1, -0.05) is 12.1 Å². The predicted molar refractivity (Wildman–Crippen MR) is 133 cm³/mol. The summed E-state index contributed by atoms with van der Waals surface area (Å²) in [7, 11) is 0. The number of nitrogens with one attached hydrogen (secondary N) is 2. The van der Waals surface area contributed by atoms with Crippen LogP contribution in [0.3, 0.4) is 0 Å². The Labute approximate surface area is 203 Å². The van der Waals surface area contributed by atoms with Crippen molar-refractivity contribution in [2.45, 2.75) is 6.04 Å². The van der Waals surface area contributed by atoms with Crippen LogP contribution in [0.4, 0.5) is 10.2 Å². The van der Waals surface area contributed by atoms with Crippen LogP contribution in [0.5, 0.6) is 0 Å². The van der Waals surface area contributed by atoms with E-state index < -0.39 is 0 Å². The number of aromatic nitrogens is 8. The van der Waals surface area contributed by atoms with E-state index in [-0.39, 0.29) is 11.9 Å². The summed E-state index contributed by atoms with van der Waals surface area (Å²) >= 11 is 0. The van der Waals surface area contributed by atoms with Gasteiger partial charge in [0.25, 0.3) is 0 Å². The molecule has 1 fully saturated rings. The van der Waals surface area contributed by atoms with Crippen molar-refractivity contribution in [1.82, 2.24) is 40.1 Å². The number of imidazole rings is 1. The molecule has 1 aliphatic rings. The van der Waals surface area contributed by atoms with Crippen molar-refractivity contribution < 1.29 is 4.39 Å². The molecular formula is C25H19FN10. The van der Waals surface area contributed by atoms with Crippen molar-refractivity contribution in [2.24, 2.45) is 5.73 Å². The number of pyridine rings is 2. The first-order chi connectivity index (χ1) is 17.6. The topological polar surface area (TPSA) is 138 Å². The van der Waals surface area contributed by atoms with E-state index in [1.54, 1.807) is 49.1 Å². The van der Waals surface area contributed by atoms with Gasteiger partial charge in [-0.25, -0.2) is 19.3 Å². The van der Waals surface area contributed by atoms with Gasteiger partial charge < -0.3 is 15.6 Å². The number of fused-ring (bicyclic) bond motifs is 2. The zero-order chi connectivity index (χ0) is 24.2. The first kappa shape index (κ1) is 20.6. The van der Waals surface area contributed by atoms with Crippen molar-refractivity contribution in [3.8, 4) is 34.0 Å². The highest BCUT2D eigenvalue weighted by atomic mass is 19.1. The fraction of sp³-hybridized carbons (Fsp3) is 0.120. The van der Waals surface area contributed by atoms with Crippen LogP contribution in [0.2, 0.25) is 0 Å². The monoisotopic (exact) mass is 478 g/mol. The maximum absolute atomic E-state index is 14.5. The van der Waals surface area contributed by atoms with E-state index in [1.807, 2.05) is 6.07 Å². The van der Waals surface area contributed by atoms with Gasteiger partial charge in [-0.15, -0.1) is 0 Å². The third-order valence-electron chi connectivity index (χ3n) is 6.32. The fourth-order valence-electron chi connectivity index (χ4n) is 4.47. The Balaban J connectivity index is 1.32. The van der Waals surface area contributed by atoms with Crippen LogP contribution >= 0.6 is 0 Å². The lowest BCUT2D eigenvalue weighted by atomic mass is 10.1. The lowest BCUT2D eigenvalue weighted by molar-refractivity contribution is 0.514. The van der Waals surface area contributed by atoms with E-state index in [1.165, 1.54) is 6.07 Å². The van der Waals surface area contributed by atoms with Gasteiger partial charge in [-0.05, 0) is 24.3 Å². The number of hydrogen-bond donors (Lipinski definition) is 3. The molecular weight excluding hydrogens is 459 g/mol. The zero-order valence-electron chi connectivity index (χ0n) is 18.9. The SMILES string of the molecule is NC1CN(c2cncc(-c3cnc4[nH]nc(-c5nc6c(-c7ccccc7F)nccc6[nH]5)c4c3)n2)C1. The van der Waals surface area contributed by atoms with E-state index in [4.69, 9.17) is 15.7 Å². The maximum atomic E-state index is 14.5. The molecule has 1 aliphatic heterocycles. The maximum Gasteiger partial charge on any atom is 0.159 e. The summed E-state index contributed by atoms with van der Waals surface area (Å²) in [5, 5.41) is 8.19. The number of benzene rings is 1. The van der Waals surface area contributed by atoms with Crippen LogP contribution in [0.25, 0.3) is 56.1 Å². The highest BCUT2D eigenvalue weighted by molar-refractivity contribution is 5.96. The van der Waals surface area contributed by atoms with Gasteiger partial charge in [0, 0.05) is 42.7 Å². The van der Waals surface area contributed by atoms with E-state index >= 15 is 0 Å². The van der Waals surface area contributed by atoms with Crippen molar-refractivity contribution in [3.63, 3.8) is 0 Å².